The fourth-order valence-electron chi connectivity index (χ4n) is 1.89. The first-order valence-corrected chi connectivity index (χ1v) is 5.51. The fourth-order valence-corrected chi connectivity index (χ4v) is 1.89. The maximum Gasteiger partial charge on any atom is 0.349 e. The average molecular weight is 225 g/mol. The molecule has 3 rings (SSSR count). The van der Waals surface area contributed by atoms with E-state index >= 15 is 0 Å². The van der Waals surface area contributed by atoms with Crippen molar-refractivity contribution >= 4 is 11.2 Å². The molecule has 1 N–H and O–H groups in total. The van der Waals surface area contributed by atoms with Gasteiger partial charge in [0, 0.05) is 6.20 Å². The summed E-state index contributed by atoms with van der Waals surface area (Å²) >= 11 is 0. The number of aryl methyl sites for hydroxylation is 2. The second-order valence-corrected chi connectivity index (χ2v) is 4.16. The molecule has 0 aromatic carbocycles. The van der Waals surface area contributed by atoms with E-state index in [0.29, 0.717) is 0 Å². The lowest BCUT2D eigenvalue weighted by Crippen LogP contribution is -2.28. The first kappa shape index (κ1) is 9.96. The van der Waals surface area contributed by atoms with Gasteiger partial charge in [0.15, 0.2) is 0 Å². The van der Waals surface area contributed by atoms with Crippen molar-refractivity contribution in [3.05, 3.63) is 42.2 Å². The maximum atomic E-state index is 4.57. The van der Waals surface area contributed by atoms with Crippen LogP contribution in [0.1, 0.15) is 5.56 Å². The van der Waals surface area contributed by atoms with Crippen LogP contribution >= 0.6 is 0 Å². The van der Waals surface area contributed by atoms with E-state index in [1.165, 1.54) is 5.56 Å². The smallest absolute Gasteiger partial charge is 0.310 e. The Kier molecular flexibility index (Phi) is 2.14. The molecule has 0 amide bonds. The second-order valence-electron chi connectivity index (χ2n) is 4.16. The summed E-state index contributed by atoms with van der Waals surface area (Å²) in [6.45, 7) is 2.05. The molecule has 3 aromatic rings. The van der Waals surface area contributed by atoms with Gasteiger partial charge < -0.3 is 4.98 Å². The monoisotopic (exact) mass is 225 g/mol. The lowest BCUT2D eigenvalue weighted by atomic mass is 10.2. The molecule has 4 nitrogen and oxygen atoms in total. The zero-order valence-corrected chi connectivity index (χ0v) is 9.81. The van der Waals surface area contributed by atoms with Gasteiger partial charge in [0.05, 0.1) is 13.2 Å². The predicted octanol–water partition coefficient (Wildman–Crippen LogP) is 1.76. The number of fused-ring (bicyclic) bond motifs is 1. The summed E-state index contributed by atoms with van der Waals surface area (Å²) in [5.41, 5.74) is 4.01. The van der Waals surface area contributed by atoms with Crippen molar-refractivity contribution < 1.29 is 4.57 Å². The van der Waals surface area contributed by atoms with Crippen molar-refractivity contribution in [2.45, 2.75) is 6.92 Å². The third kappa shape index (κ3) is 1.67. The molecule has 3 heterocycles. The Bertz CT molecular complexity index is 685. The van der Waals surface area contributed by atoms with Crippen molar-refractivity contribution in [3.8, 4) is 11.5 Å². The van der Waals surface area contributed by atoms with Crippen molar-refractivity contribution in [3.63, 3.8) is 0 Å². The van der Waals surface area contributed by atoms with E-state index in [9.17, 15) is 0 Å². The second kappa shape index (κ2) is 3.66. The van der Waals surface area contributed by atoms with Crippen LogP contribution < -0.4 is 4.57 Å². The highest BCUT2D eigenvalue weighted by Crippen LogP contribution is 2.16. The molecule has 0 aliphatic carbocycles. The fraction of sp³-hybridized carbons (Fsp3) is 0.154. The van der Waals surface area contributed by atoms with Crippen LogP contribution in [0.5, 0.6) is 0 Å². The molecule has 0 aliphatic rings. The van der Waals surface area contributed by atoms with Crippen molar-refractivity contribution in [2.75, 3.05) is 0 Å². The minimum absolute atomic E-state index is 0.811. The molecule has 0 unspecified atom stereocenters. The lowest BCUT2D eigenvalue weighted by Gasteiger charge is -1.93. The van der Waals surface area contributed by atoms with Gasteiger partial charge in [-0.05, 0) is 41.7 Å². The highest BCUT2D eigenvalue weighted by molar-refractivity contribution is 5.72. The molecule has 0 aliphatic heterocycles. The van der Waals surface area contributed by atoms with Crippen LogP contribution in [0.15, 0.2) is 36.7 Å². The number of hydrogen-bond acceptors (Lipinski definition) is 2. The lowest BCUT2D eigenvalue weighted by molar-refractivity contribution is -0.646. The molecular formula is C13H13N4+. The summed E-state index contributed by atoms with van der Waals surface area (Å²) in [6.07, 6.45) is 3.79. The Morgan fingerprint density at radius 2 is 2.18 bits per heavy atom. The van der Waals surface area contributed by atoms with E-state index in [2.05, 4.69) is 15.0 Å². The average Bonchev–Trinajstić information content (AvgIpc) is 2.74. The molecule has 0 bridgehead atoms. The first-order valence-electron chi connectivity index (χ1n) is 5.51. The standard InChI is InChI=1S/C13H12N4/c1-9-5-6-14-11(8-9)12-15-10-4-3-7-17(2)13(10)16-12/h3-8H,1-2H3/p+1. The molecule has 0 saturated carbocycles. The Hall–Kier alpha value is -2.23. The third-order valence-electron chi connectivity index (χ3n) is 2.78. The molecule has 0 saturated heterocycles. The van der Waals surface area contributed by atoms with Crippen LogP contribution in [0.2, 0.25) is 0 Å². The SMILES string of the molecule is Cc1ccnc(-c2nc3c(ccc[n+]3C)[nH]2)c1. The number of rotatable bonds is 1. The topological polar surface area (TPSA) is 45.5 Å². The van der Waals surface area contributed by atoms with Crippen LogP contribution in [0.4, 0.5) is 0 Å². The molecular weight excluding hydrogens is 212 g/mol. The highest BCUT2D eigenvalue weighted by Gasteiger charge is 2.16. The first-order chi connectivity index (χ1) is 8.24. The minimum Gasteiger partial charge on any atom is -0.310 e. The summed E-state index contributed by atoms with van der Waals surface area (Å²) in [5.74, 6) is 0.811. The zero-order valence-electron chi connectivity index (χ0n) is 9.81. The predicted molar refractivity (Wildman–Crippen MR) is 65.2 cm³/mol. The highest BCUT2D eigenvalue weighted by atomic mass is 15.1. The van der Waals surface area contributed by atoms with E-state index < -0.39 is 0 Å². The molecule has 84 valence electrons. The summed E-state index contributed by atoms with van der Waals surface area (Å²) in [5, 5.41) is 0. The Morgan fingerprint density at radius 3 is 2.94 bits per heavy atom. The zero-order chi connectivity index (χ0) is 11.8. The van der Waals surface area contributed by atoms with Crippen molar-refractivity contribution in [1.82, 2.24) is 15.0 Å². The molecule has 0 spiro atoms. The van der Waals surface area contributed by atoms with Gasteiger partial charge in [-0.2, -0.15) is 0 Å². The van der Waals surface area contributed by atoms with Gasteiger partial charge in [-0.15, -0.1) is 0 Å². The Morgan fingerprint density at radius 1 is 1.29 bits per heavy atom. The van der Waals surface area contributed by atoms with Crippen LogP contribution in [0.25, 0.3) is 22.7 Å². The van der Waals surface area contributed by atoms with Crippen molar-refractivity contribution in [2.24, 2.45) is 7.05 Å². The van der Waals surface area contributed by atoms with E-state index in [-0.39, 0.29) is 0 Å². The number of imidazole rings is 1. The number of H-pyrrole nitrogens is 1. The summed E-state index contributed by atoms with van der Waals surface area (Å²) < 4.78 is 1.99. The summed E-state index contributed by atoms with van der Waals surface area (Å²) in [7, 11) is 1.98. The molecule has 4 heteroatoms. The van der Waals surface area contributed by atoms with Crippen LogP contribution in [0.3, 0.4) is 0 Å². The van der Waals surface area contributed by atoms with E-state index in [0.717, 1.165) is 22.7 Å². The van der Waals surface area contributed by atoms with E-state index in [1.807, 2.05) is 49.0 Å². The number of pyridine rings is 2. The minimum atomic E-state index is 0.811. The Balaban J connectivity index is 2.22. The maximum absolute atomic E-state index is 4.57. The van der Waals surface area contributed by atoms with E-state index in [1.54, 1.807) is 6.20 Å². The van der Waals surface area contributed by atoms with Crippen LogP contribution in [-0.2, 0) is 7.05 Å². The quantitative estimate of drug-likeness (QED) is 0.641. The van der Waals surface area contributed by atoms with E-state index in [4.69, 9.17) is 0 Å². The van der Waals surface area contributed by atoms with Crippen LogP contribution in [-0.4, -0.2) is 15.0 Å². The summed E-state index contributed by atoms with van der Waals surface area (Å²) in [4.78, 5) is 12.2. The normalized spacial score (nSPS) is 10.9. The molecule has 3 aromatic heterocycles. The van der Waals surface area contributed by atoms with Gasteiger partial charge in [-0.25, -0.2) is 4.57 Å². The third-order valence-corrected chi connectivity index (χ3v) is 2.78. The summed E-state index contributed by atoms with van der Waals surface area (Å²) in [6, 6.07) is 8.01. The van der Waals surface area contributed by atoms with Gasteiger partial charge in [-0.3, -0.25) is 4.98 Å². The largest absolute Gasteiger partial charge is 0.349 e. The van der Waals surface area contributed by atoms with Gasteiger partial charge in [0.1, 0.15) is 11.2 Å². The Labute approximate surface area is 99.0 Å². The molecule has 0 radical (unpaired) electrons. The van der Waals surface area contributed by atoms with Gasteiger partial charge in [-0.1, -0.05) is 0 Å². The number of nitrogens with one attached hydrogen (secondary N) is 1. The van der Waals surface area contributed by atoms with Gasteiger partial charge in [0.2, 0.25) is 0 Å². The van der Waals surface area contributed by atoms with Crippen LogP contribution in [0, 0.1) is 6.92 Å². The molecule has 0 fully saturated rings. The van der Waals surface area contributed by atoms with Gasteiger partial charge in [0.25, 0.3) is 5.82 Å². The number of nitrogens with zero attached hydrogens (tertiary/aromatic N) is 3. The molecule has 17 heavy (non-hydrogen) atoms. The number of hydrogen-bond donors (Lipinski definition) is 1. The number of aromatic amines is 1. The van der Waals surface area contributed by atoms with Crippen molar-refractivity contribution in [1.29, 1.82) is 0 Å². The van der Waals surface area contributed by atoms with Gasteiger partial charge >= 0.3 is 5.65 Å². The number of aromatic nitrogens is 4. The molecule has 0 atom stereocenters.